The molecule has 1 aliphatic heterocycles. The van der Waals surface area contributed by atoms with Crippen LogP contribution in [0.3, 0.4) is 0 Å². The third kappa shape index (κ3) is 4.54. The van der Waals surface area contributed by atoms with Gasteiger partial charge in [-0.05, 0) is 43.3 Å². The standard InChI is InChI=1S/C28H24N4O5/c1-17-25(27(35)32(31(17)2)20-11-4-3-5-12-20)30-26(34)18-9-8-10-19(15-18)29-24(33)16-23-21-13-6-7-14-22(21)28(36)37-23/h3-15,23H,16H2,1-2H3,(H,29,33)(H,30,34). The van der Waals surface area contributed by atoms with Gasteiger partial charge in [0, 0.05) is 23.9 Å². The smallest absolute Gasteiger partial charge is 0.339 e. The number of fused-ring (bicyclic) bond motifs is 1. The molecule has 1 unspecified atom stereocenters. The van der Waals surface area contributed by atoms with Crippen molar-refractivity contribution in [3.05, 3.63) is 112 Å². The molecule has 37 heavy (non-hydrogen) atoms. The van der Waals surface area contributed by atoms with Gasteiger partial charge in [0.05, 0.1) is 23.4 Å². The van der Waals surface area contributed by atoms with Gasteiger partial charge in [0.1, 0.15) is 11.8 Å². The normalized spacial score (nSPS) is 14.1. The molecule has 5 rings (SSSR count). The second-order valence-electron chi connectivity index (χ2n) is 8.70. The molecule has 9 nitrogen and oxygen atoms in total. The molecule has 0 saturated carbocycles. The first kappa shape index (κ1) is 23.8. The van der Waals surface area contributed by atoms with Crippen LogP contribution in [-0.2, 0) is 16.6 Å². The van der Waals surface area contributed by atoms with Crippen molar-refractivity contribution in [1.29, 1.82) is 0 Å². The van der Waals surface area contributed by atoms with Crippen LogP contribution >= 0.6 is 0 Å². The van der Waals surface area contributed by atoms with Crippen molar-refractivity contribution >= 4 is 29.2 Å². The van der Waals surface area contributed by atoms with Gasteiger partial charge in [-0.3, -0.25) is 19.1 Å². The predicted molar refractivity (Wildman–Crippen MR) is 138 cm³/mol. The van der Waals surface area contributed by atoms with Crippen LogP contribution < -0.4 is 16.2 Å². The van der Waals surface area contributed by atoms with Crippen LogP contribution in [0.15, 0.2) is 83.7 Å². The minimum Gasteiger partial charge on any atom is -0.453 e. The summed E-state index contributed by atoms with van der Waals surface area (Å²) in [4.78, 5) is 50.8. The van der Waals surface area contributed by atoms with Crippen LogP contribution in [0.4, 0.5) is 11.4 Å². The molecule has 0 spiro atoms. The Bertz CT molecular complexity index is 1590. The number of carbonyl (C=O) groups excluding carboxylic acids is 3. The summed E-state index contributed by atoms with van der Waals surface area (Å²) in [5.41, 5.74) is 2.91. The highest BCUT2D eigenvalue weighted by molar-refractivity contribution is 6.05. The Hall–Kier alpha value is -4.92. The second-order valence-corrected chi connectivity index (χ2v) is 8.70. The number of amides is 2. The van der Waals surface area contributed by atoms with Gasteiger partial charge in [0.25, 0.3) is 11.5 Å². The van der Waals surface area contributed by atoms with Gasteiger partial charge >= 0.3 is 5.97 Å². The maximum Gasteiger partial charge on any atom is 0.339 e. The van der Waals surface area contributed by atoms with E-state index in [1.165, 1.54) is 10.7 Å². The fourth-order valence-electron chi connectivity index (χ4n) is 4.39. The Kier molecular flexibility index (Phi) is 6.19. The van der Waals surface area contributed by atoms with Crippen LogP contribution in [0.5, 0.6) is 0 Å². The molecule has 1 aromatic heterocycles. The van der Waals surface area contributed by atoms with E-state index in [0.29, 0.717) is 28.2 Å². The van der Waals surface area contributed by atoms with Gasteiger partial charge in [0.2, 0.25) is 5.91 Å². The number of carbonyl (C=O) groups is 3. The Morgan fingerprint density at radius 1 is 0.919 bits per heavy atom. The minimum absolute atomic E-state index is 0.0542. The summed E-state index contributed by atoms with van der Waals surface area (Å²) in [6.45, 7) is 1.75. The van der Waals surface area contributed by atoms with Crippen LogP contribution in [0, 0.1) is 6.92 Å². The highest BCUT2D eigenvalue weighted by Crippen LogP contribution is 2.33. The summed E-state index contributed by atoms with van der Waals surface area (Å²) in [6.07, 6.45) is -0.718. The number of para-hydroxylation sites is 1. The number of anilines is 2. The Labute approximate surface area is 212 Å². The molecule has 0 fully saturated rings. The number of esters is 1. The zero-order valence-electron chi connectivity index (χ0n) is 20.2. The molecule has 3 aromatic carbocycles. The van der Waals surface area contributed by atoms with Crippen molar-refractivity contribution in [3.8, 4) is 5.69 Å². The van der Waals surface area contributed by atoms with Crippen molar-refractivity contribution < 1.29 is 19.1 Å². The number of rotatable bonds is 6. The van der Waals surface area contributed by atoms with Gasteiger partial charge in [0.15, 0.2) is 0 Å². The first-order valence-corrected chi connectivity index (χ1v) is 11.7. The van der Waals surface area contributed by atoms with E-state index in [-0.39, 0.29) is 29.1 Å². The number of ether oxygens (including phenoxy) is 1. The van der Waals surface area contributed by atoms with Crippen LogP contribution in [-0.4, -0.2) is 27.1 Å². The second kappa shape index (κ2) is 9.62. The monoisotopic (exact) mass is 496 g/mol. The van der Waals surface area contributed by atoms with Gasteiger partial charge in [-0.2, -0.15) is 0 Å². The van der Waals surface area contributed by atoms with Crippen molar-refractivity contribution in [2.24, 2.45) is 7.05 Å². The average Bonchev–Trinajstić information content (AvgIpc) is 3.32. The quantitative estimate of drug-likeness (QED) is 0.392. The van der Waals surface area contributed by atoms with Crippen molar-refractivity contribution in [3.63, 3.8) is 0 Å². The highest BCUT2D eigenvalue weighted by Gasteiger charge is 2.32. The number of aromatic nitrogens is 2. The summed E-state index contributed by atoms with van der Waals surface area (Å²) in [5, 5.41) is 5.47. The third-order valence-corrected chi connectivity index (χ3v) is 6.35. The molecule has 186 valence electrons. The highest BCUT2D eigenvalue weighted by atomic mass is 16.5. The minimum atomic E-state index is -0.664. The lowest BCUT2D eigenvalue weighted by Crippen LogP contribution is -2.23. The van der Waals surface area contributed by atoms with E-state index in [9.17, 15) is 19.2 Å². The Balaban J connectivity index is 1.30. The average molecular weight is 497 g/mol. The van der Waals surface area contributed by atoms with E-state index < -0.39 is 18.0 Å². The maximum absolute atomic E-state index is 13.1. The zero-order chi connectivity index (χ0) is 26.1. The third-order valence-electron chi connectivity index (χ3n) is 6.35. The molecular formula is C28H24N4O5. The van der Waals surface area contributed by atoms with E-state index in [1.807, 2.05) is 30.3 Å². The molecule has 0 bridgehead atoms. The lowest BCUT2D eigenvalue weighted by molar-refractivity contribution is -0.118. The van der Waals surface area contributed by atoms with Crippen molar-refractivity contribution in [2.75, 3.05) is 10.6 Å². The van der Waals surface area contributed by atoms with Crippen LogP contribution in [0.2, 0.25) is 0 Å². The Morgan fingerprint density at radius 2 is 1.65 bits per heavy atom. The number of nitrogens with zero attached hydrogens (tertiary/aromatic N) is 2. The number of cyclic esters (lactones) is 1. The molecule has 2 amide bonds. The van der Waals surface area contributed by atoms with Gasteiger partial charge in [-0.15, -0.1) is 0 Å². The number of hydrogen-bond acceptors (Lipinski definition) is 5. The Morgan fingerprint density at radius 3 is 2.43 bits per heavy atom. The molecule has 0 radical (unpaired) electrons. The summed E-state index contributed by atoms with van der Waals surface area (Å²) in [6, 6.07) is 22.5. The lowest BCUT2D eigenvalue weighted by Gasteiger charge is -2.12. The molecule has 4 aromatic rings. The lowest BCUT2D eigenvalue weighted by atomic mass is 10.0. The molecule has 1 aliphatic rings. The zero-order valence-corrected chi connectivity index (χ0v) is 20.2. The summed E-state index contributed by atoms with van der Waals surface area (Å²) in [5.74, 6) is -1.30. The van der Waals surface area contributed by atoms with Crippen molar-refractivity contribution in [1.82, 2.24) is 9.36 Å². The molecule has 0 saturated heterocycles. The fraction of sp³-hybridized carbons (Fsp3) is 0.143. The summed E-state index contributed by atoms with van der Waals surface area (Å²) >= 11 is 0. The summed E-state index contributed by atoms with van der Waals surface area (Å²) in [7, 11) is 1.75. The number of benzene rings is 3. The van der Waals surface area contributed by atoms with Crippen LogP contribution in [0.1, 0.15) is 44.5 Å². The largest absolute Gasteiger partial charge is 0.453 e. The SMILES string of the molecule is Cc1c(NC(=O)c2cccc(NC(=O)CC3OC(=O)c4ccccc43)c2)c(=O)n(-c2ccccc2)n1C. The molecule has 2 N–H and O–H groups in total. The first-order valence-electron chi connectivity index (χ1n) is 11.7. The van der Waals surface area contributed by atoms with Gasteiger partial charge in [-0.1, -0.05) is 42.5 Å². The number of nitrogens with one attached hydrogen (secondary N) is 2. The maximum atomic E-state index is 13.1. The molecule has 0 aliphatic carbocycles. The number of hydrogen-bond donors (Lipinski definition) is 2. The van der Waals surface area contributed by atoms with Gasteiger partial charge < -0.3 is 15.4 Å². The van der Waals surface area contributed by atoms with Crippen LogP contribution in [0.25, 0.3) is 5.69 Å². The molecule has 9 heteroatoms. The first-order chi connectivity index (χ1) is 17.8. The topological polar surface area (TPSA) is 111 Å². The van der Waals surface area contributed by atoms with E-state index in [4.69, 9.17) is 4.74 Å². The van der Waals surface area contributed by atoms with E-state index >= 15 is 0 Å². The molecule has 2 heterocycles. The van der Waals surface area contributed by atoms with E-state index in [2.05, 4.69) is 10.6 Å². The predicted octanol–water partition coefficient (Wildman–Crippen LogP) is 3.98. The van der Waals surface area contributed by atoms with E-state index in [1.54, 1.807) is 61.1 Å². The fourth-order valence-corrected chi connectivity index (χ4v) is 4.39. The molecular weight excluding hydrogens is 472 g/mol. The molecule has 1 atom stereocenters. The van der Waals surface area contributed by atoms with Gasteiger partial charge in [-0.25, -0.2) is 9.48 Å². The van der Waals surface area contributed by atoms with E-state index in [0.717, 1.165) is 0 Å². The van der Waals surface area contributed by atoms with Crippen molar-refractivity contribution in [2.45, 2.75) is 19.4 Å². The summed E-state index contributed by atoms with van der Waals surface area (Å²) < 4.78 is 8.50.